The molecular formula is C12H17N3+. The van der Waals surface area contributed by atoms with Crippen molar-refractivity contribution in [3.05, 3.63) is 23.8 Å². The van der Waals surface area contributed by atoms with Crippen LogP contribution in [0.3, 0.4) is 0 Å². The molecule has 0 aliphatic carbocycles. The fraction of sp³-hybridized carbons (Fsp3) is 0.500. The summed E-state index contributed by atoms with van der Waals surface area (Å²) in [7, 11) is 0. The van der Waals surface area contributed by atoms with Gasteiger partial charge in [0.15, 0.2) is 0 Å². The van der Waals surface area contributed by atoms with Gasteiger partial charge in [0.05, 0.1) is 5.11 Å². The van der Waals surface area contributed by atoms with Gasteiger partial charge in [-0.2, -0.15) is 0 Å². The fourth-order valence-corrected chi connectivity index (χ4v) is 2.11. The molecule has 1 aliphatic heterocycles. The number of hydrogen-bond donors (Lipinski definition) is 1. The Bertz CT molecular complexity index is 354. The number of piperidine rings is 1. The molecule has 1 N–H and O–H groups in total. The first-order valence-electron chi connectivity index (χ1n) is 5.54. The van der Waals surface area contributed by atoms with E-state index < -0.39 is 0 Å². The minimum atomic E-state index is 0.774. The summed E-state index contributed by atoms with van der Waals surface area (Å²) in [5.74, 6) is 0. The molecule has 0 spiro atoms. The standard InChI is InChI=1S/C12H17N3/c1-10-9-11(5-6-12(10)14-13)15-7-3-2-4-8-15/h5-6,9,13H,2-4,7-8H2,1H3/q+1. The van der Waals surface area contributed by atoms with Gasteiger partial charge < -0.3 is 4.90 Å². The summed E-state index contributed by atoms with van der Waals surface area (Å²) >= 11 is 0. The zero-order valence-corrected chi connectivity index (χ0v) is 9.16. The van der Waals surface area contributed by atoms with Crippen LogP contribution in [0.2, 0.25) is 0 Å². The minimum Gasteiger partial charge on any atom is -0.372 e. The Morgan fingerprint density at radius 3 is 2.53 bits per heavy atom. The number of benzene rings is 1. The molecule has 0 saturated carbocycles. The predicted octanol–water partition coefficient (Wildman–Crippen LogP) is 1.61. The van der Waals surface area contributed by atoms with E-state index in [0.29, 0.717) is 0 Å². The molecule has 15 heavy (non-hydrogen) atoms. The lowest BCUT2D eigenvalue weighted by molar-refractivity contribution is -0.210. The van der Waals surface area contributed by atoms with E-state index in [2.05, 4.69) is 22.1 Å². The largest absolute Gasteiger partial charge is 0.372 e. The quantitative estimate of drug-likeness (QED) is 0.729. The highest BCUT2D eigenvalue weighted by Crippen LogP contribution is 2.25. The van der Waals surface area contributed by atoms with Gasteiger partial charge in [0.25, 0.3) is 0 Å². The fourth-order valence-electron chi connectivity index (χ4n) is 2.11. The van der Waals surface area contributed by atoms with Crippen LogP contribution in [0.25, 0.3) is 0 Å². The van der Waals surface area contributed by atoms with Gasteiger partial charge in [0.1, 0.15) is 11.2 Å². The third kappa shape index (κ3) is 2.17. The van der Waals surface area contributed by atoms with Crippen LogP contribution in [-0.4, -0.2) is 13.1 Å². The van der Waals surface area contributed by atoms with Crippen molar-refractivity contribution in [3.63, 3.8) is 0 Å². The van der Waals surface area contributed by atoms with Crippen LogP contribution in [0, 0.1) is 6.92 Å². The van der Waals surface area contributed by atoms with Gasteiger partial charge in [-0.05, 0) is 49.9 Å². The molecule has 1 aliphatic rings. The zero-order valence-electron chi connectivity index (χ0n) is 9.16. The number of aryl methyl sites for hydroxylation is 1. The normalized spacial score (nSPS) is 16.5. The van der Waals surface area contributed by atoms with Crippen molar-refractivity contribution in [2.75, 3.05) is 18.0 Å². The molecule has 0 atom stereocenters. The summed E-state index contributed by atoms with van der Waals surface area (Å²) in [6.45, 7) is 4.34. The monoisotopic (exact) mass is 203 g/mol. The van der Waals surface area contributed by atoms with Crippen LogP contribution in [0.15, 0.2) is 23.3 Å². The molecule has 2 rings (SSSR count). The molecule has 0 bridgehead atoms. The van der Waals surface area contributed by atoms with Crippen molar-refractivity contribution >= 4 is 11.4 Å². The van der Waals surface area contributed by atoms with E-state index in [9.17, 15) is 0 Å². The molecule has 1 aromatic rings. The Morgan fingerprint density at radius 1 is 1.20 bits per heavy atom. The lowest BCUT2D eigenvalue weighted by Gasteiger charge is -2.29. The van der Waals surface area contributed by atoms with Gasteiger partial charge >= 0.3 is 0 Å². The second kappa shape index (κ2) is 4.43. The third-order valence-electron chi connectivity index (χ3n) is 3.02. The highest BCUT2D eigenvalue weighted by Gasteiger charge is 2.11. The topological polar surface area (TPSA) is 39.4 Å². The molecule has 1 aromatic carbocycles. The summed E-state index contributed by atoms with van der Waals surface area (Å²) in [5.41, 5.74) is 10.2. The van der Waals surface area contributed by atoms with E-state index in [1.165, 1.54) is 24.9 Å². The van der Waals surface area contributed by atoms with E-state index in [1.54, 1.807) is 0 Å². The molecule has 1 saturated heterocycles. The maximum atomic E-state index is 7.01. The van der Waals surface area contributed by atoms with Crippen LogP contribution >= 0.6 is 0 Å². The Morgan fingerprint density at radius 2 is 1.93 bits per heavy atom. The Kier molecular flexibility index (Phi) is 2.99. The molecule has 0 unspecified atom stereocenters. The van der Waals surface area contributed by atoms with Crippen molar-refractivity contribution < 1.29 is 5.53 Å². The molecule has 0 amide bonds. The number of nitrogens with one attached hydrogen (secondary N) is 1. The van der Waals surface area contributed by atoms with Crippen LogP contribution < -0.4 is 10.4 Å². The molecular weight excluding hydrogens is 186 g/mol. The van der Waals surface area contributed by atoms with Crippen LogP contribution in [0.1, 0.15) is 24.8 Å². The average Bonchev–Trinajstić information content (AvgIpc) is 2.30. The first-order chi connectivity index (χ1) is 7.31. The molecule has 1 heterocycles. The molecule has 79 valence electrons. The molecule has 0 aromatic heterocycles. The SMILES string of the molecule is Cc1cc(N2CCCCC2)ccc1N=[NH+]. The van der Waals surface area contributed by atoms with E-state index in [-0.39, 0.29) is 0 Å². The van der Waals surface area contributed by atoms with Gasteiger partial charge in [-0.3, -0.25) is 0 Å². The van der Waals surface area contributed by atoms with Gasteiger partial charge in [-0.1, -0.05) is 0 Å². The summed E-state index contributed by atoms with van der Waals surface area (Å²) in [6.07, 6.45) is 3.95. The van der Waals surface area contributed by atoms with Gasteiger partial charge in [0, 0.05) is 18.8 Å². The zero-order chi connectivity index (χ0) is 10.7. The predicted molar refractivity (Wildman–Crippen MR) is 60.3 cm³/mol. The molecule has 1 fully saturated rings. The van der Waals surface area contributed by atoms with Gasteiger partial charge in [-0.15, -0.1) is 0 Å². The molecule has 3 nitrogen and oxygen atoms in total. The van der Waals surface area contributed by atoms with Crippen molar-refractivity contribution in [2.24, 2.45) is 5.11 Å². The van der Waals surface area contributed by atoms with Crippen LogP contribution in [-0.2, 0) is 0 Å². The molecule has 3 heteroatoms. The summed E-state index contributed by atoms with van der Waals surface area (Å²) in [4.78, 5) is 2.42. The summed E-state index contributed by atoms with van der Waals surface area (Å²) < 4.78 is 0. The average molecular weight is 203 g/mol. The van der Waals surface area contributed by atoms with E-state index in [0.717, 1.165) is 24.3 Å². The lowest BCUT2D eigenvalue weighted by Crippen LogP contribution is -2.29. The second-order valence-electron chi connectivity index (χ2n) is 4.13. The van der Waals surface area contributed by atoms with Gasteiger partial charge in [0.2, 0.25) is 0 Å². The third-order valence-corrected chi connectivity index (χ3v) is 3.02. The maximum Gasteiger partial charge on any atom is 0.144 e. The first kappa shape index (κ1) is 10.1. The van der Waals surface area contributed by atoms with Crippen molar-refractivity contribution in [3.8, 4) is 0 Å². The number of nitrogens with zero attached hydrogens (tertiary/aromatic N) is 2. The first-order valence-corrected chi connectivity index (χ1v) is 5.54. The summed E-state index contributed by atoms with van der Waals surface area (Å²) in [6, 6.07) is 6.15. The van der Waals surface area contributed by atoms with Gasteiger partial charge in [-0.25, -0.2) is 0 Å². The van der Waals surface area contributed by atoms with E-state index in [1.807, 2.05) is 13.0 Å². The number of anilines is 1. The molecule has 1 radical (unpaired) electrons. The van der Waals surface area contributed by atoms with Crippen molar-refractivity contribution in [1.82, 2.24) is 0 Å². The smallest absolute Gasteiger partial charge is 0.144 e. The van der Waals surface area contributed by atoms with Crippen molar-refractivity contribution in [1.29, 1.82) is 0 Å². The highest BCUT2D eigenvalue weighted by molar-refractivity contribution is 5.57. The Hall–Kier alpha value is -1.38. The Labute approximate surface area is 90.6 Å². The second-order valence-corrected chi connectivity index (χ2v) is 4.13. The van der Waals surface area contributed by atoms with Crippen LogP contribution in [0.5, 0.6) is 0 Å². The Balaban J connectivity index is 2.21. The van der Waals surface area contributed by atoms with E-state index >= 15 is 0 Å². The van der Waals surface area contributed by atoms with Crippen molar-refractivity contribution in [2.45, 2.75) is 26.2 Å². The minimum absolute atomic E-state index is 0.774. The van der Waals surface area contributed by atoms with Crippen LogP contribution in [0.4, 0.5) is 11.4 Å². The number of hydrogen-bond acceptors (Lipinski definition) is 3. The maximum absolute atomic E-state index is 7.01. The highest BCUT2D eigenvalue weighted by atomic mass is 15.1. The lowest BCUT2D eigenvalue weighted by atomic mass is 10.1. The number of rotatable bonds is 2. The van der Waals surface area contributed by atoms with E-state index in [4.69, 9.17) is 5.53 Å². The summed E-state index contributed by atoms with van der Waals surface area (Å²) in [5, 5.41) is 3.49.